The lowest BCUT2D eigenvalue weighted by molar-refractivity contribution is 0.839. The molecule has 0 atom stereocenters. The van der Waals surface area contributed by atoms with E-state index in [2.05, 4.69) is 47.0 Å². The Balaban J connectivity index is 1.74. The molecule has 0 saturated heterocycles. The quantitative estimate of drug-likeness (QED) is 0.493. The Kier molecular flexibility index (Phi) is 3.13. The second-order valence-corrected chi connectivity index (χ2v) is 6.07. The predicted molar refractivity (Wildman–Crippen MR) is 99.5 cm³/mol. The van der Waals surface area contributed by atoms with Crippen molar-refractivity contribution < 1.29 is 0 Å². The molecule has 0 aliphatic carbocycles. The minimum absolute atomic E-state index is 0.753. The van der Waals surface area contributed by atoms with Crippen molar-refractivity contribution in [3.05, 3.63) is 90.5 Å². The molecular weight excluding hydrogens is 308 g/mol. The van der Waals surface area contributed by atoms with Gasteiger partial charge in [0.2, 0.25) is 5.78 Å². The first-order valence-corrected chi connectivity index (χ1v) is 8.33. The van der Waals surface area contributed by atoms with Crippen molar-refractivity contribution in [3.8, 4) is 11.4 Å². The van der Waals surface area contributed by atoms with Gasteiger partial charge in [0.1, 0.15) is 0 Å². The van der Waals surface area contributed by atoms with E-state index >= 15 is 0 Å². The Hall–Kier alpha value is -3.40. The van der Waals surface area contributed by atoms with Gasteiger partial charge in [-0.2, -0.15) is 9.50 Å². The monoisotopic (exact) mass is 324 g/mol. The molecule has 0 amide bonds. The highest BCUT2D eigenvalue weighted by molar-refractivity contribution is 5.81. The average Bonchev–Trinajstić information content (AvgIpc) is 3.23. The summed E-state index contributed by atoms with van der Waals surface area (Å²) >= 11 is 0. The Labute approximate surface area is 145 Å². The van der Waals surface area contributed by atoms with Gasteiger partial charge in [-0.05, 0) is 17.7 Å². The maximum Gasteiger partial charge on any atom is 0.234 e. The molecular formula is C21H16N4. The molecule has 0 bridgehead atoms. The maximum absolute atomic E-state index is 4.83. The van der Waals surface area contributed by atoms with Crippen molar-refractivity contribution in [2.24, 2.45) is 0 Å². The second-order valence-electron chi connectivity index (χ2n) is 6.07. The zero-order valence-corrected chi connectivity index (χ0v) is 13.6. The van der Waals surface area contributed by atoms with Gasteiger partial charge in [-0.25, -0.2) is 0 Å². The fraction of sp³-hybridized carbons (Fsp3) is 0.0476. The van der Waals surface area contributed by atoms with E-state index in [1.165, 1.54) is 5.56 Å². The number of rotatable bonds is 3. The SMILES string of the molecule is c1ccc(Cn2c3ccccc3n3nc(-c4ccccc4)nc23)cc1. The van der Waals surface area contributed by atoms with Crippen LogP contribution in [0, 0.1) is 0 Å². The first-order chi connectivity index (χ1) is 12.4. The normalized spacial score (nSPS) is 11.4. The van der Waals surface area contributed by atoms with Crippen LogP contribution in [0.2, 0.25) is 0 Å². The molecule has 0 aliphatic heterocycles. The van der Waals surface area contributed by atoms with Gasteiger partial charge >= 0.3 is 0 Å². The average molecular weight is 324 g/mol. The topological polar surface area (TPSA) is 35.1 Å². The summed E-state index contributed by atoms with van der Waals surface area (Å²) in [7, 11) is 0. The molecule has 0 fully saturated rings. The lowest BCUT2D eigenvalue weighted by Crippen LogP contribution is -2.00. The Morgan fingerprint density at radius 1 is 0.680 bits per heavy atom. The molecule has 2 heterocycles. The summed E-state index contributed by atoms with van der Waals surface area (Å²) in [6.07, 6.45) is 0. The Bertz CT molecular complexity index is 1150. The van der Waals surface area contributed by atoms with E-state index in [1.807, 2.05) is 47.0 Å². The summed E-state index contributed by atoms with van der Waals surface area (Å²) in [4.78, 5) is 4.83. The predicted octanol–water partition coefficient (Wildman–Crippen LogP) is 4.40. The second kappa shape index (κ2) is 5.60. The van der Waals surface area contributed by atoms with Gasteiger partial charge in [-0.1, -0.05) is 72.8 Å². The first-order valence-electron chi connectivity index (χ1n) is 8.33. The van der Waals surface area contributed by atoms with E-state index in [0.717, 1.165) is 34.7 Å². The van der Waals surface area contributed by atoms with E-state index in [0.29, 0.717) is 0 Å². The third kappa shape index (κ3) is 2.31. The van der Waals surface area contributed by atoms with Crippen molar-refractivity contribution in [1.82, 2.24) is 19.2 Å². The highest BCUT2D eigenvalue weighted by Gasteiger charge is 2.16. The van der Waals surface area contributed by atoms with E-state index in [-0.39, 0.29) is 0 Å². The van der Waals surface area contributed by atoms with Gasteiger partial charge in [0.05, 0.1) is 17.6 Å². The Morgan fingerprint density at radius 2 is 1.32 bits per heavy atom. The largest absolute Gasteiger partial charge is 0.304 e. The minimum atomic E-state index is 0.753. The van der Waals surface area contributed by atoms with Crippen molar-refractivity contribution in [2.75, 3.05) is 0 Å². The lowest BCUT2D eigenvalue weighted by Gasteiger charge is -2.05. The molecule has 25 heavy (non-hydrogen) atoms. The smallest absolute Gasteiger partial charge is 0.234 e. The Morgan fingerprint density at radius 3 is 2.08 bits per heavy atom. The van der Waals surface area contributed by atoms with Crippen LogP contribution in [0.15, 0.2) is 84.9 Å². The molecule has 120 valence electrons. The van der Waals surface area contributed by atoms with Crippen LogP contribution in [0.4, 0.5) is 0 Å². The minimum Gasteiger partial charge on any atom is -0.304 e. The zero-order valence-electron chi connectivity index (χ0n) is 13.6. The van der Waals surface area contributed by atoms with Crippen LogP contribution in [0.1, 0.15) is 5.56 Å². The molecule has 0 saturated carbocycles. The standard InChI is InChI=1S/C21H16N4/c1-3-9-16(10-4-1)15-24-18-13-7-8-14-19(18)25-21(24)22-20(23-25)17-11-5-2-6-12-17/h1-14H,15H2. The number of benzene rings is 3. The molecule has 4 heteroatoms. The van der Waals surface area contributed by atoms with Crippen LogP contribution in [0.5, 0.6) is 0 Å². The van der Waals surface area contributed by atoms with Crippen molar-refractivity contribution in [3.63, 3.8) is 0 Å². The molecule has 5 aromatic rings. The number of fused-ring (bicyclic) bond motifs is 3. The summed E-state index contributed by atoms with van der Waals surface area (Å²) in [6.45, 7) is 0.769. The van der Waals surface area contributed by atoms with E-state index < -0.39 is 0 Å². The van der Waals surface area contributed by atoms with Gasteiger partial charge in [-0.15, -0.1) is 5.10 Å². The fourth-order valence-corrected chi connectivity index (χ4v) is 3.25. The lowest BCUT2D eigenvalue weighted by atomic mass is 10.2. The fourth-order valence-electron chi connectivity index (χ4n) is 3.25. The number of para-hydroxylation sites is 2. The summed E-state index contributed by atoms with van der Waals surface area (Å²) in [5.74, 6) is 1.62. The van der Waals surface area contributed by atoms with Gasteiger partial charge in [0.15, 0.2) is 5.82 Å². The van der Waals surface area contributed by atoms with Crippen molar-refractivity contribution in [1.29, 1.82) is 0 Å². The maximum atomic E-state index is 4.83. The molecule has 0 unspecified atom stereocenters. The number of nitrogens with zero attached hydrogens (tertiary/aromatic N) is 4. The van der Waals surface area contributed by atoms with E-state index in [9.17, 15) is 0 Å². The van der Waals surface area contributed by atoms with Crippen molar-refractivity contribution in [2.45, 2.75) is 6.54 Å². The summed E-state index contributed by atoms with van der Waals surface area (Å²) in [5, 5.41) is 4.76. The highest BCUT2D eigenvalue weighted by atomic mass is 15.4. The van der Waals surface area contributed by atoms with Crippen molar-refractivity contribution >= 4 is 16.8 Å². The summed E-state index contributed by atoms with van der Waals surface area (Å²) in [5.41, 5.74) is 4.49. The van der Waals surface area contributed by atoms with Crippen LogP contribution >= 0.6 is 0 Å². The summed E-state index contributed by atoms with van der Waals surface area (Å²) < 4.78 is 4.17. The van der Waals surface area contributed by atoms with Crippen LogP contribution < -0.4 is 0 Å². The van der Waals surface area contributed by atoms with Gasteiger partial charge in [0.25, 0.3) is 0 Å². The molecule has 0 spiro atoms. The number of imidazole rings is 1. The molecule has 4 nitrogen and oxygen atoms in total. The van der Waals surface area contributed by atoms with Crippen LogP contribution in [-0.2, 0) is 6.54 Å². The summed E-state index contributed by atoms with van der Waals surface area (Å²) in [6, 6.07) is 28.9. The highest BCUT2D eigenvalue weighted by Crippen LogP contribution is 2.24. The number of hydrogen-bond acceptors (Lipinski definition) is 2. The third-order valence-electron chi connectivity index (χ3n) is 4.45. The van der Waals surface area contributed by atoms with Gasteiger partial charge in [-0.3, -0.25) is 0 Å². The molecule has 5 rings (SSSR count). The zero-order chi connectivity index (χ0) is 16.6. The molecule has 3 aromatic carbocycles. The molecule has 2 aromatic heterocycles. The van der Waals surface area contributed by atoms with Crippen LogP contribution in [0.25, 0.3) is 28.2 Å². The molecule has 0 N–H and O–H groups in total. The number of aromatic nitrogens is 4. The van der Waals surface area contributed by atoms with E-state index in [4.69, 9.17) is 10.1 Å². The third-order valence-corrected chi connectivity index (χ3v) is 4.45. The van der Waals surface area contributed by atoms with E-state index in [1.54, 1.807) is 0 Å². The first kappa shape index (κ1) is 14.0. The molecule has 0 radical (unpaired) electrons. The number of hydrogen-bond donors (Lipinski definition) is 0. The van der Waals surface area contributed by atoms with Crippen LogP contribution in [-0.4, -0.2) is 19.2 Å². The molecule has 0 aliphatic rings. The van der Waals surface area contributed by atoms with Gasteiger partial charge in [0, 0.05) is 5.56 Å². The van der Waals surface area contributed by atoms with Gasteiger partial charge < -0.3 is 4.57 Å². The van der Waals surface area contributed by atoms with Crippen LogP contribution in [0.3, 0.4) is 0 Å².